The van der Waals surface area contributed by atoms with Gasteiger partial charge in [0, 0.05) is 25.7 Å². The molecule has 0 aromatic rings. The summed E-state index contributed by atoms with van der Waals surface area (Å²) in [5.74, 6) is 0.846. The highest BCUT2D eigenvalue weighted by Crippen LogP contribution is 2.44. The number of hydrogen-bond donors (Lipinski definition) is 2. The van der Waals surface area contributed by atoms with Crippen molar-refractivity contribution in [1.82, 2.24) is 14.9 Å². The van der Waals surface area contributed by atoms with Crippen LogP contribution in [0, 0.1) is 11.3 Å². The Morgan fingerprint density at radius 3 is 2.62 bits per heavy atom. The third-order valence-electron chi connectivity index (χ3n) is 5.49. The van der Waals surface area contributed by atoms with Crippen molar-refractivity contribution in [3.05, 3.63) is 0 Å². The largest absolute Gasteiger partial charge is 0.316 e. The van der Waals surface area contributed by atoms with E-state index in [1.54, 1.807) is 12.2 Å². The van der Waals surface area contributed by atoms with E-state index in [4.69, 9.17) is 1.41 Å². The molecule has 1 atom stereocenters. The SMILES string of the molecule is [2H]N1CCC(CN2CC3(CCC(NS(=O)(=O)CC)CC3)C2)C1. The summed E-state index contributed by atoms with van der Waals surface area (Å²) < 4.78 is 33.8. The quantitative estimate of drug-likeness (QED) is 0.787. The van der Waals surface area contributed by atoms with E-state index in [-0.39, 0.29) is 11.8 Å². The number of nitrogens with zero attached hydrogens (tertiary/aromatic N) is 1. The second-order valence-corrected chi connectivity index (χ2v) is 9.29. The van der Waals surface area contributed by atoms with Crippen molar-refractivity contribution in [2.75, 3.05) is 38.5 Å². The van der Waals surface area contributed by atoms with Gasteiger partial charge in [-0.25, -0.2) is 13.1 Å². The Balaban J connectivity index is 1.40. The molecule has 6 heteroatoms. The first-order chi connectivity index (χ1) is 10.4. The summed E-state index contributed by atoms with van der Waals surface area (Å²) in [7, 11) is -3.06. The van der Waals surface area contributed by atoms with E-state index in [2.05, 4.69) is 9.62 Å². The van der Waals surface area contributed by atoms with Gasteiger partial charge in [-0.2, -0.15) is 0 Å². The van der Waals surface area contributed by atoms with Crippen LogP contribution in [0.4, 0.5) is 0 Å². The van der Waals surface area contributed by atoms with E-state index in [0.717, 1.165) is 51.7 Å². The zero-order valence-corrected chi connectivity index (χ0v) is 13.9. The third kappa shape index (κ3) is 3.78. The van der Waals surface area contributed by atoms with Crippen molar-refractivity contribution in [1.29, 1.82) is 0 Å². The Bertz CT molecular complexity index is 483. The molecular weight excluding hydrogens is 286 g/mol. The van der Waals surface area contributed by atoms with E-state index in [1.165, 1.54) is 13.1 Å². The fourth-order valence-electron chi connectivity index (χ4n) is 4.19. The van der Waals surface area contributed by atoms with Gasteiger partial charge in [-0.05, 0) is 63.5 Å². The van der Waals surface area contributed by atoms with Gasteiger partial charge >= 0.3 is 0 Å². The van der Waals surface area contributed by atoms with Crippen molar-refractivity contribution >= 4 is 10.0 Å². The molecule has 1 saturated carbocycles. The number of nitrogens with one attached hydrogen (secondary N) is 2. The van der Waals surface area contributed by atoms with Gasteiger partial charge in [-0.3, -0.25) is 0 Å². The Morgan fingerprint density at radius 1 is 1.33 bits per heavy atom. The van der Waals surface area contributed by atoms with Gasteiger partial charge in [0.1, 0.15) is 1.41 Å². The van der Waals surface area contributed by atoms with Crippen molar-refractivity contribution in [3.63, 3.8) is 0 Å². The highest BCUT2D eigenvalue weighted by Gasteiger charge is 2.45. The van der Waals surface area contributed by atoms with E-state index in [1.807, 2.05) is 0 Å². The van der Waals surface area contributed by atoms with Crippen LogP contribution in [0.1, 0.15) is 39.0 Å². The molecule has 0 aromatic carbocycles. The van der Waals surface area contributed by atoms with Crippen molar-refractivity contribution < 1.29 is 9.83 Å². The number of sulfonamides is 1. The van der Waals surface area contributed by atoms with Crippen LogP contribution in [0.3, 0.4) is 0 Å². The van der Waals surface area contributed by atoms with Crippen LogP contribution < -0.4 is 10.0 Å². The highest BCUT2D eigenvalue weighted by atomic mass is 32.2. The van der Waals surface area contributed by atoms with Gasteiger partial charge < -0.3 is 10.2 Å². The van der Waals surface area contributed by atoms with Crippen LogP contribution in [-0.4, -0.2) is 57.8 Å². The first-order valence-corrected chi connectivity index (χ1v) is 10.0. The lowest BCUT2D eigenvalue weighted by Crippen LogP contribution is -2.59. The van der Waals surface area contributed by atoms with Gasteiger partial charge in [0.15, 0.2) is 0 Å². The van der Waals surface area contributed by atoms with Gasteiger partial charge in [-0.1, -0.05) is 0 Å². The van der Waals surface area contributed by atoms with Crippen LogP contribution in [0.2, 0.25) is 1.41 Å². The van der Waals surface area contributed by atoms with E-state index in [9.17, 15) is 8.42 Å². The Morgan fingerprint density at radius 2 is 2.05 bits per heavy atom. The zero-order valence-electron chi connectivity index (χ0n) is 14.1. The summed E-state index contributed by atoms with van der Waals surface area (Å²) in [4.78, 5) is 2.54. The summed E-state index contributed by atoms with van der Waals surface area (Å²) in [5, 5.41) is 1.69. The smallest absolute Gasteiger partial charge is 0.211 e. The molecule has 5 nitrogen and oxygen atoms in total. The van der Waals surface area contributed by atoms with Crippen LogP contribution in [0.25, 0.3) is 0 Å². The lowest BCUT2D eigenvalue weighted by atomic mass is 9.67. The normalized spacial score (nSPS) is 32.2. The molecule has 0 amide bonds. The van der Waals surface area contributed by atoms with Crippen LogP contribution in [0.5, 0.6) is 0 Å². The minimum atomic E-state index is -3.06. The maximum absolute atomic E-state index is 11.6. The fourth-order valence-corrected chi connectivity index (χ4v) is 5.10. The lowest BCUT2D eigenvalue weighted by molar-refractivity contribution is -0.0387. The molecule has 0 radical (unpaired) electrons. The zero-order chi connectivity index (χ0) is 15.8. The maximum Gasteiger partial charge on any atom is 0.211 e. The molecule has 1 spiro atoms. The van der Waals surface area contributed by atoms with Gasteiger partial charge in [0.2, 0.25) is 10.0 Å². The fraction of sp³-hybridized carbons (Fsp3) is 1.00. The molecule has 2 heterocycles. The molecule has 3 rings (SSSR count). The highest BCUT2D eigenvalue weighted by molar-refractivity contribution is 7.89. The third-order valence-corrected chi connectivity index (χ3v) is 6.94. The van der Waals surface area contributed by atoms with Crippen molar-refractivity contribution in [2.45, 2.75) is 45.1 Å². The summed E-state index contributed by atoms with van der Waals surface area (Å²) in [6, 6.07) is 0.149. The van der Waals surface area contributed by atoms with Gasteiger partial charge in [-0.15, -0.1) is 0 Å². The Hall–Kier alpha value is -0.170. The average molecular weight is 316 g/mol. The molecule has 0 bridgehead atoms. The molecule has 2 N–H and O–H groups in total. The molecule has 2 aliphatic heterocycles. The molecule has 3 aliphatic rings. The van der Waals surface area contributed by atoms with Crippen LogP contribution in [-0.2, 0) is 10.0 Å². The first kappa shape index (κ1) is 14.4. The minimum Gasteiger partial charge on any atom is -0.316 e. The van der Waals surface area contributed by atoms with Gasteiger partial charge in [0.25, 0.3) is 0 Å². The topological polar surface area (TPSA) is 61.4 Å². The number of hydrogen-bond acceptors (Lipinski definition) is 4. The lowest BCUT2D eigenvalue weighted by Gasteiger charge is -2.54. The van der Waals surface area contributed by atoms with E-state index >= 15 is 0 Å². The summed E-state index contributed by atoms with van der Waals surface area (Å²) in [5.41, 5.74) is 0.452. The van der Waals surface area contributed by atoms with Gasteiger partial charge in [0.05, 0.1) is 5.75 Å². The molecular formula is C15H29N3O2S. The molecule has 122 valence electrons. The monoisotopic (exact) mass is 316 g/mol. The number of likely N-dealkylation sites (tertiary alicyclic amines) is 1. The van der Waals surface area contributed by atoms with Crippen LogP contribution >= 0.6 is 0 Å². The Kier molecular flexibility index (Phi) is 4.22. The van der Waals surface area contributed by atoms with E-state index < -0.39 is 10.0 Å². The first-order valence-electron chi connectivity index (χ1n) is 8.81. The summed E-state index contributed by atoms with van der Waals surface area (Å²) in [6.45, 7) is 7.03. The Labute approximate surface area is 130 Å². The average Bonchev–Trinajstić information content (AvgIpc) is 2.84. The molecule has 0 aromatic heterocycles. The maximum atomic E-state index is 11.6. The molecule has 21 heavy (non-hydrogen) atoms. The van der Waals surface area contributed by atoms with Crippen molar-refractivity contribution in [3.8, 4) is 0 Å². The molecule has 2 saturated heterocycles. The second kappa shape index (κ2) is 6.14. The summed E-state index contributed by atoms with van der Waals surface area (Å²) in [6.07, 6.45) is 5.42. The predicted molar refractivity (Wildman–Crippen MR) is 84.7 cm³/mol. The van der Waals surface area contributed by atoms with E-state index in [0.29, 0.717) is 11.3 Å². The second-order valence-electron chi connectivity index (χ2n) is 7.25. The molecule has 1 aliphatic carbocycles. The molecule has 3 fully saturated rings. The van der Waals surface area contributed by atoms with Crippen LogP contribution in [0.15, 0.2) is 0 Å². The molecule has 1 unspecified atom stereocenters. The minimum absolute atomic E-state index is 0.149. The standard InChI is InChI=1S/C15H29N3O2S/c1-2-21(19,20)17-14-3-6-15(7-4-14)11-18(12-15)10-13-5-8-16-9-13/h13-14,16-17H,2-12H2,1H3/i/hD. The summed E-state index contributed by atoms with van der Waals surface area (Å²) >= 11 is 0. The predicted octanol–water partition coefficient (Wildman–Crippen LogP) is 0.780. The number of rotatable bonds is 5. The van der Waals surface area contributed by atoms with Crippen molar-refractivity contribution in [2.24, 2.45) is 11.3 Å².